The van der Waals surface area contributed by atoms with Crippen LogP contribution in [0.5, 0.6) is 0 Å². The van der Waals surface area contributed by atoms with E-state index in [9.17, 15) is 5.11 Å². The van der Waals surface area contributed by atoms with Crippen LogP contribution in [0.1, 0.15) is 18.4 Å². The zero-order valence-corrected chi connectivity index (χ0v) is 14.4. The fourth-order valence-electron chi connectivity index (χ4n) is 2.40. The highest BCUT2D eigenvalue weighted by Gasteiger charge is 2.31. The Morgan fingerprint density at radius 1 is 0.955 bits per heavy atom. The van der Waals surface area contributed by atoms with Gasteiger partial charge in [0.05, 0.1) is 0 Å². The van der Waals surface area contributed by atoms with Crippen LogP contribution in [0.2, 0.25) is 13.1 Å². The first-order chi connectivity index (χ1) is 10.6. The molecule has 2 aromatic carbocycles. The van der Waals surface area contributed by atoms with Gasteiger partial charge in [-0.1, -0.05) is 84.9 Å². The molecule has 0 heterocycles. The molecule has 0 radical (unpaired) electrons. The van der Waals surface area contributed by atoms with Gasteiger partial charge in [0.25, 0.3) is 0 Å². The minimum Gasteiger partial charge on any atom is -0.384 e. The molecular weight excluding hydrogens is 284 g/mol. The second-order valence-corrected chi connectivity index (χ2v) is 10.7. The van der Waals surface area contributed by atoms with Crippen LogP contribution in [-0.4, -0.2) is 18.9 Å². The summed E-state index contributed by atoms with van der Waals surface area (Å²) in [6.07, 6.45) is 2.92. The highest BCUT2D eigenvalue weighted by Crippen LogP contribution is 2.09. The first-order valence-electron chi connectivity index (χ1n) is 7.86. The largest absolute Gasteiger partial charge is 0.384 e. The van der Waals surface area contributed by atoms with Crippen molar-refractivity contribution in [1.29, 1.82) is 0 Å². The first-order valence-corrected chi connectivity index (χ1v) is 10.9. The lowest BCUT2D eigenvalue weighted by Crippen LogP contribution is -2.52. The van der Waals surface area contributed by atoms with Crippen LogP contribution in [0.25, 0.3) is 0 Å². The Hall–Kier alpha value is -1.82. The number of hydrogen-bond acceptors (Lipinski definition) is 1. The van der Waals surface area contributed by atoms with Gasteiger partial charge in [-0.15, -0.1) is 5.92 Å². The van der Waals surface area contributed by atoms with Crippen molar-refractivity contribution in [3.63, 3.8) is 0 Å². The van der Waals surface area contributed by atoms with Gasteiger partial charge >= 0.3 is 0 Å². The predicted molar refractivity (Wildman–Crippen MR) is 96.7 cm³/mol. The molecule has 0 fully saturated rings. The summed E-state index contributed by atoms with van der Waals surface area (Å²) in [7, 11) is -1.92. The number of hydrogen-bond donors (Lipinski definition) is 1. The molecular formula is C20H24OSi. The van der Waals surface area contributed by atoms with E-state index in [-0.39, 0.29) is 0 Å². The molecule has 1 N–H and O–H groups in total. The lowest BCUT2D eigenvalue weighted by Gasteiger charge is -2.25. The van der Waals surface area contributed by atoms with Gasteiger partial charge in [-0.3, -0.25) is 0 Å². The number of aliphatic hydroxyl groups excluding tert-OH is 1. The molecule has 0 aliphatic carbocycles. The predicted octanol–water partition coefficient (Wildman–Crippen LogP) is 3.53. The summed E-state index contributed by atoms with van der Waals surface area (Å²) in [6.45, 7) is 4.34. The van der Waals surface area contributed by atoms with Crippen molar-refractivity contribution in [3.8, 4) is 11.8 Å². The van der Waals surface area contributed by atoms with Crippen molar-refractivity contribution in [1.82, 2.24) is 0 Å². The quantitative estimate of drug-likeness (QED) is 0.509. The van der Waals surface area contributed by atoms with E-state index in [1.54, 1.807) is 0 Å². The first kappa shape index (κ1) is 16.5. The lowest BCUT2D eigenvalue weighted by molar-refractivity contribution is 0.301. The topological polar surface area (TPSA) is 20.2 Å². The molecule has 0 bridgehead atoms. The number of rotatable bonds is 5. The molecule has 114 valence electrons. The molecule has 2 heteroatoms. The van der Waals surface area contributed by atoms with Crippen LogP contribution in [0.4, 0.5) is 0 Å². The maximum Gasteiger partial charge on any atom is 0.128 e. The molecule has 0 spiro atoms. The highest BCUT2D eigenvalue weighted by molar-refractivity contribution is 6.91. The summed E-state index contributed by atoms with van der Waals surface area (Å²) in [6, 6.07) is 20.7. The van der Waals surface area contributed by atoms with Gasteiger partial charge < -0.3 is 5.11 Å². The van der Waals surface area contributed by atoms with Gasteiger partial charge in [0.15, 0.2) is 0 Å². The van der Waals surface area contributed by atoms with E-state index in [1.807, 2.05) is 24.3 Å². The SMILES string of the molecule is C[Si](C)(c1ccccc1)C(O)C#CCCCc1ccccc1. The Kier molecular flexibility index (Phi) is 6.00. The van der Waals surface area contributed by atoms with Gasteiger partial charge in [0.2, 0.25) is 0 Å². The molecule has 0 aliphatic rings. The van der Waals surface area contributed by atoms with E-state index < -0.39 is 13.8 Å². The third-order valence-corrected chi connectivity index (χ3v) is 7.38. The Balaban J connectivity index is 1.86. The summed E-state index contributed by atoms with van der Waals surface area (Å²) in [5.74, 6) is 6.24. The normalized spacial score (nSPS) is 12.3. The summed E-state index contributed by atoms with van der Waals surface area (Å²) >= 11 is 0. The van der Waals surface area contributed by atoms with Crippen LogP contribution < -0.4 is 5.19 Å². The average Bonchev–Trinajstić information content (AvgIpc) is 2.56. The number of benzene rings is 2. The van der Waals surface area contributed by atoms with Gasteiger partial charge in [0, 0.05) is 6.42 Å². The Morgan fingerprint density at radius 3 is 2.18 bits per heavy atom. The van der Waals surface area contributed by atoms with Gasteiger partial charge in [-0.25, -0.2) is 0 Å². The lowest BCUT2D eigenvalue weighted by atomic mass is 10.1. The van der Waals surface area contributed by atoms with Crippen molar-refractivity contribution in [2.45, 2.75) is 38.1 Å². The van der Waals surface area contributed by atoms with Crippen molar-refractivity contribution < 1.29 is 5.11 Å². The Labute approximate surface area is 135 Å². The zero-order valence-electron chi connectivity index (χ0n) is 13.4. The molecule has 0 saturated carbocycles. The van der Waals surface area contributed by atoms with Gasteiger partial charge in [0.1, 0.15) is 13.8 Å². The fraction of sp³-hybridized carbons (Fsp3) is 0.300. The molecule has 2 aromatic rings. The molecule has 1 nitrogen and oxygen atoms in total. The van der Waals surface area contributed by atoms with Crippen molar-refractivity contribution in [2.24, 2.45) is 0 Å². The molecule has 2 rings (SSSR count). The Morgan fingerprint density at radius 2 is 1.55 bits per heavy atom. The summed E-state index contributed by atoms with van der Waals surface area (Å²) < 4.78 is 0. The minimum atomic E-state index is -1.92. The van der Waals surface area contributed by atoms with Gasteiger partial charge in [-0.05, 0) is 18.4 Å². The van der Waals surface area contributed by atoms with Crippen molar-refractivity contribution >= 4 is 13.3 Å². The maximum absolute atomic E-state index is 10.4. The van der Waals surface area contributed by atoms with Crippen LogP contribution in [0.15, 0.2) is 60.7 Å². The van der Waals surface area contributed by atoms with E-state index in [4.69, 9.17) is 0 Å². The number of aliphatic hydroxyl groups is 1. The third kappa shape index (κ3) is 4.59. The van der Waals surface area contributed by atoms with Crippen LogP contribution in [0.3, 0.4) is 0 Å². The molecule has 1 atom stereocenters. The summed E-state index contributed by atoms with van der Waals surface area (Å²) in [4.78, 5) is 0. The average molecular weight is 308 g/mol. The molecule has 1 unspecified atom stereocenters. The van der Waals surface area contributed by atoms with Gasteiger partial charge in [-0.2, -0.15) is 0 Å². The second-order valence-electron chi connectivity index (χ2n) is 6.15. The highest BCUT2D eigenvalue weighted by atomic mass is 28.3. The molecule has 0 aromatic heterocycles. The maximum atomic E-state index is 10.4. The van der Waals surface area contributed by atoms with E-state index >= 15 is 0 Å². The van der Waals surface area contributed by atoms with Crippen LogP contribution in [-0.2, 0) is 6.42 Å². The van der Waals surface area contributed by atoms with E-state index in [1.165, 1.54) is 10.8 Å². The molecule has 22 heavy (non-hydrogen) atoms. The summed E-state index contributed by atoms with van der Waals surface area (Å²) in [5, 5.41) is 11.7. The summed E-state index contributed by atoms with van der Waals surface area (Å²) in [5.41, 5.74) is 0.843. The van der Waals surface area contributed by atoms with E-state index in [0.717, 1.165) is 19.3 Å². The van der Waals surface area contributed by atoms with Crippen LogP contribution >= 0.6 is 0 Å². The minimum absolute atomic E-state index is 0.508. The smallest absolute Gasteiger partial charge is 0.128 e. The third-order valence-electron chi connectivity index (χ3n) is 4.05. The van der Waals surface area contributed by atoms with Crippen molar-refractivity contribution in [3.05, 3.63) is 66.2 Å². The number of aryl methyl sites for hydroxylation is 1. The van der Waals surface area contributed by atoms with E-state index in [2.05, 4.69) is 61.3 Å². The zero-order chi connectivity index (χ0) is 15.8. The monoisotopic (exact) mass is 308 g/mol. The second kappa shape index (κ2) is 7.98. The van der Waals surface area contributed by atoms with Crippen molar-refractivity contribution in [2.75, 3.05) is 0 Å². The fourth-order valence-corrected chi connectivity index (χ4v) is 4.23. The Bertz CT molecular complexity index is 623. The molecule has 0 saturated heterocycles. The molecule has 0 amide bonds. The number of unbranched alkanes of at least 4 members (excludes halogenated alkanes) is 1. The van der Waals surface area contributed by atoms with E-state index in [0.29, 0.717) is 0 Å². The molecule has 0 aliphatic heterocycles. The standard InChI is InChI=1S/C20H24OSi/c1-22(2,19-15-9-5-10-16-19)20(21)17-11-4-8-14-18-12-6-3-7-13-18/h3,5-7,9-10,12-13,15-16,20-21H,4,8,14H2,1-2H3. The van der Waals surface area contributed by atoms with Crippen LogP contribution in [0, 0.1) is 11.8 Å².